The molecule has 0 radical (unpaired) electrons. The quantitative estimate of drug-likeness (QED) is 0.490. The maximum Gasteiger partial charge on any atom is 0.266 e. The van der Waals surface area contributed by atoms with Gasteiger partial charge in [0.15, 0.2) is 11.5 Å². The van der Waals surface area contributed by atoms with Crippen molar-refractivity contribution >= 4 is 0 Å². The second-order valence-corrected chi connectivity index (χ2v) is 5.44. The van der Waals surface area contributed by atoms with E-state index >= 15 is 0 Å². The molecule has 0 bridgehead atoms. The number of hydrogen-bond donors (Lipinski definition) is 5. The van der Waals surface area contributed by atoms with E-state index in [0.29, 0.717) is 11.1 Å². The highest BCUT2D eigenvalue weighted by Crippen LogP contribution is 2.39. The van der Waals surface area contributed by atoms with Gasteiger partial charge in [-0.1, -0.05) is 24.3 Å². The number of phenolic OH excluding ortho intramolecular Hbond substituents is 2. The summed E-state index contributed by atoms with van der Waals surface area (Å²) in [5.74, 6) is -2.38. The van der Waals surface area contributed by atoms with Crippen LogP contribution in [0.4, 0.5) is 0 Å². The molecule has 0 aliphatic carbocycles. The molecule has 6 heteroatoms. The van der Waals surface area contributed by atoms with Crippen LogP contribution < -0.4 is 5.43 Å². The van der Waals surface area contributed by atoms with E-state index in [9.17, 15) is 30.3 Å². The molecule has 3 aromatic carbocycles. The normalized spacial score (nSPS) is 10.6. The Morgan fingerprint density at radius 2 is 0.920 bits per heavy atom. The number of phenols is 2. The molecule has 6 nitrogen and oxygen atoms in total. The molecular weight excluding hydrogens is 324 g/mol. The smallest absolute Gasteiger partial charge is 0.266 e. The van der Waals surface area contributed by atoms with Crippen molar-refractivity contribution in [1.29, 1.82) is 0 Å². The Kier molecular flexibility index (Phi) is 3.94. The molecule has 5 N–H and O–H groups in total. The summed E-state index contributed by atoms with van der Waals surface area (Å²) >= 11 is 0. The van der Waals surface area contributed by atoms with Crippen molar-refractivity contribution in [3.8, 4) is 51.0 Å². The van der Waals surface area contributed by atoms with Crippen molar-refractivity contribution in [2.24, 2.45) is 0 Å². The summed E-state index contributed by atoms with van der Waals surface area (Å²) in [6, 6.07) is 12.8. The van der Waals surface area contributed by atoms with Crippen molar-refractivity contribution in [2.45, 2.75) is 0 Å². The van der Waals surface area contributed by atoms with Crippen LogP contribution in [0.3, 0.4) is 0 Å². The van der Waals surface area contributed by atoms with Crippen molar-refractivity contribution in [1.82, 2.24) is 0 Å². The average molecular weight is 338 g/mol. The summed E-state index contributed by atoms with van der Waals surface area (Å²) in [7, 11) is 0. The predicted molar refractivity (Wildman–Crippen MR) is 91.9 cm³/mol. The van der Waals surface area contributed by atoms with Crippen LogP contribution in [0.15, 0.2) is 59.4 Å². The molecule has 0 saturated heterocycles. The van der Waals surface area contributed by atoms with Gasteiger partial charge >= 0.3 is 0 Å². The van der Waals surface area contributed by atoms with Crippen LogP contribution in [0.2, 0.25) is 0 Å². The summed E-state index contributed by atoms with van der Waals surface area (Å²) < 4.78 is 0. The second-order valence-electron chi connectivity index (χ2n) is 5.44. The fraction of sp³-hybridized carbons (Fsp3) is 0. The predicted octanol–water partition coefficient (Wildman–Crippen LogP) is 2.91. The Balaban J connectivity index is 2.36. The number of aromatic hydroxyl groups is 5. The van der Waals surface area contributed by atoms with Gasteiger partial charge in [0, 0.05) is 11.1 Å². The maximum absolute atomic E-state index is 12.1. The van der Waals surface area contributed by atoms with Crippen LogP contribution in [0.5, 0.6) is 28.7 Å². The first kappa shape index (κ1) is 16.2. The molecule has 0 aromatic heterocycles. The Morgan fingerprint density at radius 1 is 0.520 bits per heavy atom. The van der Waals surface area contributed by atoms with Crippen LogP contribution in [0.25, 0.3) is 22.3 Å². The molecule has 126 valence electrons. The minimum absolute atomic E-state index is 0.00958. The van der Waals surface area contributed by atoms with E-state index in [1.807, 2.05) is 0 Å². The van der Waals surface area contributed by atoms with Gasteiger partial charge in [-0.2, -0.15) is 0 Å². The average Bonchev–Trinajstić information content (AvgIpc) is 2.69. The number of rotatable bonds is 2. The Bertz CT molecular complexity index is 992. The summed E-state index contributed by atoms with van der Waals surface area (Å²) in [5.41, 5.74) is -0.129. The molecule has 0 heterocycles. The highest BCUT2D eigenvalue weighted by Gasteiger charge is 2.18. The molecule has 0 amide bonds. The standard InChI is InChI=1S/C19H14O6/c20-12-5-1-10(2-6-12)14-9-15(11-3-7-13(21)8-4-11)17(23)19(25)18(24)16(14)22/h1-9,20-21H,(H3,22,23,24,25). The van der Waals surface area contributed by atoms with Crippen molar-refractivity contribution < 1.29 is 25.5 Å². The van der Waals surface area contributed by atoms with Gasteiger partial charge in [-0.25, -0.2) is 0 Å². The first-order valence-corrected chi connectivity index (χ1v) is 7.29. The highest BCUT2D eigenvalue weighted by atomic mass is 16.3. The van der Waals surface area contributed by atoms with E-state index in [1.54, 1.807) is 0 Å². The first-order valence-electron chi connectivity index (χ1n) is 7.29. The Morgan fingerprint density at radius 3 is 1.36 bits per heavy atom. The molecule has 0 saturated carbocycles. The zero-order valence-corrected chi connectivity index (χ0v) is 12.8. The van der Waals surface area contributed by atoms with Crippen molar-refractivity contribution in [2.75, 3.05) is 0 Å². The number of hydrogen-bond acceptors (Lipinski definition) is 6. The molecule has 0 atom stereocenters. The van der Waals surface area contributed by atoms with Gasteiger partial charge in [0.05, 0.1) is 0 Å². The van der Waals surface area contributed by atoms with Gasteiger partial charge in [0.1, 0.15) is 11.5 Å². The third kappa shape index (κ3) is 2.92. The lowest BCUT2D eigenvalue weighted by molar-refractivity contribution is 0.397. The molecule has 0 unspecified atom stereocenters. The van der Waals surface area contributed by atoms with Gasteiger partial charge in [-0.05, 0) is 41.5 Å². The molecule has 0 aliphatic heterocycles. The van der Waals surface area contributed by atoms with Crippen LogP contribution in [-0.4, -0.2) is 25.5 Å². The molecule has 3 rings (SSSR count). The van der Waals surface area contributed by atoms with Crippen LogP contribution in [0.1, 0.15) is 0 Å². The van der Waals surface area contributed by atoms with E-state index in [1.165, 1.54) is 54.6 Å². The van der Waals surface area contributed by atoms with Gasteiger partial charge in [0.25, 0.3) is 5.43 Å². The molecule has 0 spiro atoms. The molecule has 3 aromatic rings. The molecule has 0 fully saturated rings. The maximum atomic E-state index is 12.1. The zero-order valence-electron chi connectivity index (χ0n) is 12.8. The minimum atomic E-state index is -1.12. The van der Waals surface area contributed by atoms with Gasteiger partial charge in [-0.15, -0.1) is 0 Å². The SMILES string of the molecule is O=c1c(O)c(-c2ccc(O)cc2)cc(-c2ccc(O)cc2)c(O)c1O. The van der Waals surface area contributed by atoms with Crippen LogP contribution in [0, 0.1) is 0 Å². The largest absolute Gasteiger partial charge is 0.508 e. The summed E-state index contributed by atoms with van der Waals surface area (Å²) in [5, 5.41) is 49.2. The third-order valence-electron chi connectivity index (χ3n) is 3.81. The third-order valence-corrected chi connectivity index (χ3v) is 3.81. The molecule has 0 aliphatic rings. The van der Waals surface area contributed by atoms with Gasteiger partial charge in [-0.3, -0.25) is 4.79 Å². The second kappa shape index (κ2) is 6.09. The molecule has 25 heavy (non-hydrogen) atoms. The fourth-order valence-corrected chi connectivity index (χ4v) is 2.47. The van der Waals surface area contributed by atoms with Gasteiger partial charge < -0.3 is 25.5 Å². The fourth-order valence-electron chi connectivity index (χ4n) is 2.47. The topological polar surface area (TPSA) is 118 Å². The lowest BCUT2D eigenvalue weighted by atomic mass is 10.0. The lowest BCUT2D eigenvalue weighted by Gasteiger charge is -2.05. The summed E-state index contributed by atoms with van der Waals surface area (Å²) in [6.07, 6.45) is 0. The molecular formula is C19H14O6. The van der Waals surface area contributed by atoms with E-state index in [0.717, 1.165) is 0 Å². The van der Waals surface area contributed by atoms with Crippen LogP contribution >= 0.6 is 0 Å². The van der Waals surface area contributed by atoms with Crippen molar-refractivity contribution in [3.05, 3.63) is 64.8 Å². The van der Waals surface area contributed by atoms with Crippen LogP contribution in [-0.2, 0) is 0 Å². The number of benzene rings is 2. The highest BCUT2D eigenvalue weighted by molar-refractivity contribution is 5.81. The van der Waals surface area contributed by atoms with E-state index in [4.69, 9.17) is 0 Å². The van der Waals surface area contributed by atoms with E-state index in [2.05, 4.69) is 0 Å². The van der Waals surface area contributed by atoms with E-state index in [-0.39, 0.29) is 22.6 Å². The summed E-state index contributed by atoms with van der Waals surface area (Å²) in [4.78, 5) is 12.1. The first-order chi connectivity index (χ1) is 11.9. The van der Waals surface area contributed by atoms with E-state index < -0.39 is 22.7 Å². The summed E-state index contributed by atoms with van der Waals surface area (Å²) in [6.45, 7) is 0. The monoisotopic (exact) mass is 338 g/mol. The Labute approximate surface area is 142 Å². The lowest BCUT2D eigenvalue weighted by Crippen LogP contribution is -1.97. The van der Waals surface area contributed by atoms with Crippen molar-refractivity contribution in [3.63, 3.8) is 0 Å². The van der Waals surface area contributed by atoms with Gasteiger partial charge in [0.2, 0.25) is 5.75 Å². The minimum Gasteiger partial charge on any atom is -0.508 e. The Hall–Kier alpha value is -3.67. The zero-order chi connectivity index (χ0) is 18.1.